The molecule has 2 aliphatic heterocycles. The first-order valence-electron chi connectivity index (χ1n) is 13.1. The maximum atomic E-state index is 15.0. The SMILES string of the molecule is C=CC(O)N1C[C@H](C)N(c2nc(=O)n3c4c(c(-c5ccc(F)cc5F)c(Cl)cc24)OC[C@@H]3CCCN)C[C@H]1C. The first kappa shape index (κ1) is 27.5. The van der Waals surface area contributed by atoms with E-state index in [1.54, 1.807) is 10.6 Å². The normalized spacial score (nSPS) is 22.1. The molecule has 1 fully saturated rings. The van der Waals surface area contributed by atoms with Gasteiger partial charge in [0.2, 0.25) is 0 Å². The fraction of sp³-hybridized carbons (Fsp3) is 0.429. The minimum Gasteiger partial charge on any atom is -0.488 e. The second-order valence-electron chi connectivity index (χ2n) is 10.3. The number of benzene rings is 2. The number of piperazine rings is 1. The Bertz CT molecular complexity index is 1480. The Labute approximate surface area is 230 Å². The highest BCUT2D eigenvalue weighted by Crippen LogP contribution is 2.47. The number of aromatic nitrogens is 2. The summed E-state index contributed by atoms with van der Waals surface area (Å²) >= 11 is 6.79. The molecule has 4 atom stereocenters. The average molecular weight is 560 g/mol. The molecule has 0 spiro atoms. The number of aliphatic hydroxyl groups is 1. The van der Waals surface area contributed by atoms with Gasteiger partial charge >= 0.3 is 5.69 Å². The number of rotatable bonds is 7. The summed E-state index contributed by atoms with van der Waals surface area (Å²) in [5.74, 6) is -0.800. The molecule has 39 heavy (non-hydrogen) atoms. The molecule has 1 unspecified atom stereocenters. The molecule has 3 heterocycles. The second-order valence-corrected chi connectivity index (χ2v) is 10.7. The third kappa shape index (κ3) is 4.80. The van der Waals surface area contributed by atoms with Crippen LogP contribution in [-0.2, 0) is 0 Å². The summed E-state index contributed by atoms with van der Waals surface area (Å²) in [5.41, 5.74) is 6.09. The predicted octanol–water partition coefficient (Wildman–Crippen LogP) is 4.07. The molecule has 0 radical (unpaired) electrons. The van der Waals surface area contributed by atoms with E-state index in [1.807, 2.05) is 23.6 Å². The summed E-state index contributed by atoms with van der Waals surface area (Å²) in [7, 11) is 0. The largest absolute Gasteiger partial charge is 0.488 e. The molecular weight excluding hydrogens is 528 g/mol. The standard InChI is InChI=1S/C28H32ClF2N5O3/c1-4-23(37)34-12-16(3)35(13-15(34)2)27-20-11-21(29)24(19-8-7-17(30)10-22(19)31)26-25(20)36(28(38)33-27)18(14-39-26)6-5-9-32/h4,7-8,10-11,15-16,18,23,37H,1,5-6,9,12-14,32H2,2-3H3/t15-,16+,18+,23?/m1/s1. The van der Waals surface area contributed by atoms with Crippen LogP contribution in [-0.4, -0.2) is 64.1 Å². The summed E-state index contributed by atoms with van der Waals surface area (Å²) in [6.45, 7) is 9.28. The van der Waals surface area contributed by atoms with Crippen LogP contribution in [0.25, 0.3) is 22.0 Å². The van der Waals surface area contributed by atoms with E-state index in [-0.39, 0.29) is 46.6 Å². The van der Waals surface area contributed by atoms with Crippen molar-refractivity contribution in [1.29, 1.82) is 0 Å². The zero-order valence-corrected chi connectivity index (χ0v) is 22.7. The molecular formula is C28H32ClF2N5O3. The van der Waals surface area contributed by atoms with Crippen LogP contribution in [0.15, 0.2) is 41.7 Å². The van der Waals surface area contributed by atoms with E-state index in [1.165, 1.54) is 12.1 Å². The number of ether oxygens (including phenoxy) is 1. The van der Waals surface area contributed by atoms with Gasteiger partial charge < -0.3 is 20.5 Å². The van der Waals surface area contributed by atoms with Crippen LogP contribution in [0.4, 0.5) is 14.6 Å². The molecule has 0 bridgehead atoms. The van der Waals surface area contributed by atoms with Crippen molar-refractivity contribution in [1.82, 2.24) is 14.5 Å². The third-order valence-electron chi connectivity index (χ3n) is 7.68. The number of anilines is 1. The van der Waals surface area contributed by atoms with Gasteiger partial charge in [-0.25, -0.2) is 13.6 Å². The van der Waals surface area contributed by atoms with E-state index in [0.717, 1.165) is 12.1 Å². The fourth-order valence-electron chi connectivity index (χ4n) is 5.74. The van der Waals surface area contributed by atoms with Gasteiger partial charge in [0.25, 0.3) is 0 Å². The van der Waals surface area contributed by atoms with Crippen LogP contribution in [0.2, 0.25) is 5.02 Å². The van der Waals surface area contributed by atoms with Crippen molar-refractivity contribution in [3.05, 3.63) is 64.1 Å². The summed E-state index contributed by atoms with van der Waals surface area (Å²) in [6.07, 6.45) is 1.97. The van der Waals surface area contributed by atoms with Gasteiger partial charge in [0.1, 0.15) is 30.3 Å². The Morgan fingerprint density at radius 3 is 2.74 bits per heavy atom. The molecule has 0 saturated carbocycles. The number of hydrogen-bond acceptors (Lipinski definition) is 7. The monoisotopic (exact) mass is 559 g/mol. The van der Waals surface area contributed by atoms with E-state index in [9.17, 15) is 18.7 Å². The summed E-state index contributed by atoms with van der Waals surface area (Å²) in [4.78, 5) is 22.2. The summed E-state index contributed by atoms with van der Waals surface area (Å²) in [6, 6.07) is 4.43. The lowest BCUT2D eigenvalue weighted by Crippen LogP contribution is -2.59. The smallest absolute Gasteiger partial charge is 0.350 e. The zero-order valence-electron chi connectivity index (χ0n) is 21.9. The van der Waals surface area contributed by atoms with E-state index in [2.05, 4.69) is 11.6 Å². The molecule has 208 valence electrons. The van der Waals surface area contributed by atoms with Crippen LogP contribution < -0.4 is 21.1 Å². The van der Waals surface area contributed by atoms with Crippen LogP contribution in [0.5, 0.6) is 5.75 Å². The second kappa shape index (κ2) is 10.8. The fourth-order valence-corrected chi connectivity index (χ4v) is 6.04. The van der Waals surface area contributed by atoms with Gasteiger partial charge in [0.15, 0.2) is 5.75 Å². The Hall–Kier alpha value is -3.05. The zero-order chi connectivity index (χ0) is 28.0. The molecule has 1 saturated heterocycles. The number of nitrogens with zero attached hydrogens (tertiary/aromatic N) is 4. The predicted molar refractivity (Wildman–Crippen MR) is 148 cm³/mol. The van der Waals surface area contributed by atoms with Gasteiger partial charge in [-0.2, -0.15) is 4.98 Å². The first-order valence-corrected chi connectivity index (χ1v) is 13.4. The molecule has 3 N–H and O–H groups in total. The molecule has 5 rings (SSSR count). The van der Waals surface area contributed by atoms with Crippen molar-refractivity contribution in [2.45, 2.75) is 51.0 Å². The van der Waals surface area contributed by atoms with E-state index in [4.69, 9.17) is 22.1 Å². The van der Waals surface area contributed by atoms with Crippen LogP contribution >= 0.6 is 11.6 Å². The first-order chi connectivity index (χ1) is 18.7. The lowest BCUT2D eigenvalue weighted by Gasteiger charge is -2.46. The Morgan fingerprint density at radius 1 is 1.28 bits per heavy atom. The van der Waals surface area contributed by atoms with Crippen molar-refractivity contribution in [3.63, 3.8) is 0 Å². The van der Waals surface area contributed by atoms with Gasteiger partial charge in [-0.05, 0) is 57.5 Å². The van der Waals surface area contributed by atoms with Crippen molar-refractivity contribution >= 4 is 28.3 Å². The van der Waals surface area contributed by atoms with Crippen molar-refractivity contribution in [3.8, 4) is 16.9 Å². The highest BCUT2D eigenvalue weighted by Gasteiger charge is 2.36. The van der Waals surface area contributed by atoms with Gasteiger partial charge in [0.05, 0.1) is 16.6 Å². The maximum absolute atomic E-state index is 15.0. The van der Waals surface area contributed by atoms with Gasteiger partial charge in [0, 0.05) is 47.8 Å². The quantitative estimate of drug-likeness (QED) is 0.421. The van der Waals surface area contributed by atoms with Crippen LogP contribution in [0.3, 0.4) is 0 Å². The summed E-state index contributed by atoms with van der Waals surface area (Å²) < 4.78 is 36.5. The van der Waals surface area contributed by atoms with Crippen molar-refractivity contribution in [2.24, 2.45) is 5.73 Å². The summed E-state index contributed by atoms with van der Waals surface area (Å²) in [5, 5.41) is 11.2. The van der Waals surface area contributed by atoms with Gasteiger partial charge in [-0.1, -0.05) is 18.2 Å². The van der Waals surface area contributed by atoms with Crippen molar-refractivity contribution in [2.75, 3.05) is 31.1 Å². The van der Waals surface area contributed by atoms with Gasteiger partial charge in [-0.3, -0.25) is 9.47 Å². The van der Waals surface area contributed by atoms with Crippen LogP contribution in [0, 0.1) is 11.6 Å². The molecule has 1 aromatic heterocycles. The Kier molecular flexibility index (Phi) is 7.65. The topological polar surface area (TPSA) is 96.8 Å². The average Bonchev–Trinajstić information content (AvgIpc) is 2.90. The van der Waals surface area contributed by atoms with Gasteiger partial charge in [-0.15, -0.1) is 0 Å². The Balaban J connectivity index is 1.74. The highest BCUT2D eigenvalue weighted by molar-refractivity contribution is 6.35. The van der Waals surface area contributed by atoms with Crippen LogP contribution in [0.1, 0.15) is 32.7 Å². The molecule has 2 aliphatic rings. The number of aliphatic hydroxyl groups excluding tert-OH is 1. The highest BCUT2D eigenvalue weighted by atomic mass is 35.5. The van der Waals surface area contributed by atoms with Crippen molar-refractivity contribution < 1.29 is 18.6 Å². The number of nitrogens with two attached hydrogens (primary N) is 1. The van der Waals surface area contributed by atoms with E-state index in [0.29, 0.717) is 49.2 Å². The number of hydrogen-bond donors (Lipinski definition) is 2. The minimum absolute atomic E-state index is 0.0718. The Morgan fingerprint density at radius 2 is 2.05 bits per heavy atom. The minimum atomic E-state index is -0.793. The molecule has 2 aromatic carbocycles. The lowest BCUT2D eigenvalue weighted by atomic mass is 9.98. The van der Waals surface area contributed by atoms with E-state index < -0.39 is 23.6 Å². The van der Waals surface area contributed by atoms with E-state index >= 15 is 0 Å². The molecule has 0 aliphatic carbocycles. The lowest BCUT2D eigenvalue weighted by molar-refractivity contribution is 0.0000442. The molecule has 11 heteroatoms. The maximum Gasteiger partial charge on any atom is 0.350 e. The number of halogens is 3. The molecule has 0 amide bonds. The molecule has 8 nitrogen and oxygen atoms in total. The third-order valence-corrected chi connectivity index (χ3v) is 7.98. The molecule has 3 aromatic rings.